The van der Waals surface area contributed by atoms with Crippen molar-refractivity contribution in [2.24, 2.45) is 5.10 Å². The Kier molecular flexibility index (Phi) is 7.34. The Bertz CT molecular complexity index is 1250. The normalized spacial score (nSPS) is 11.6. The highest BCUT2D eigenvalue weighted by Gasteiger charge is 2.14. The molecule has 172 valence electrons. The van der Waals surface area contributed by atoms with Crippen LogP contribution in [0.3, 0.4) is 0 Å². The predicted molar refractivity (Wildman–Crippen MR) is 128 cm³/mol. The van der Waals surface area contributed by atoms with Crippen molar-refractivity contribution < 1.29 is 22.7 Å². The van der Waals surface area contributed by atoms with Crippen LogP contribution in [0.5, 0.6) is 11.5 Å². The minimum Gasteiger partial charge on any atom is -0.497 e. The summed E-state index contributed by atoms with van der Waals surface area (Å²) in [6.07, 6.45) is 0. The lowest BCUT2D eigenvalue weighted by atomic mass is 10.1. The summed E-state index contributed by atoms with van der Waals surface area (Å²) in [6.45, 7) is 3.63. The fourth-order valence-electron chi connectivity index (χ4n) is 2.91. The zero-order valence-electron chi connectivity index (χ0n) is 18.7. The maximum atomic E-state index is 12.5. The Balaban J connectivity index is 1.69. The van der Waals surface area contributed by atoms with Gasteiger partial charge in [0.25, 0.3) is 15.9 Å². The van der Waals surface area contributed by atoms with Crippen LogP contribution in [0.1, 0.15) is 28.4 Å². The first-order chi connectivity index (χ1) is 15.7. The maximum Gasteiger partial charge on any atom is 0.271 e. The monoisotopic (exact) mass is 467 g/mol. The lowest BCUT2D eigenvalue weighted by molar-refractivity contribution is 0.0954. The van der Waals surface area contributed by atoms with Gasteiger partial charge in [-0.25, -0.2) is 13.8 Å². The number of hydrogen-bond donors (Lipinski definition) is 2. The van der Waals surface area contributed by atoms with Crippen LogP contribution in [0.15, 0.2) is 76.7 Å². The third-order valence-electron chi connectivity index (χ3n) is 4.82. The van der Waals surface area contributed by atoms with E-state index in [0.29, 0.717) is 28.5 Å². The van der Waals surface area contributed by atoms with Crippen molar-refractivity contribution >= 4 is 27.3 Å². The summed E-state index contributed by atoms with van der Waals surface area (Å²) >= 11 is 0. The van der Waals surface area contributed by atoms with Crippen molar-refractivity contribution in [1.82, 2.24) is 5.43 Å². The van der Waals surface area contributed by atoms with Gasteiger partial charge in [0.05, 0.1) is 24.8 Å². The molecule has 0 heterocycles. The number of hydrogen-bond acceptors (Lipinski definition) is 6. The summed E-state index contributed by atoms with van der Waals surface area (Å²) in [5.74, 6) is 0.557. The first kappa shape index (κ1) is 23.8. The number of carbonyl (C=O) groups is 1. The largest absolute Gasteiger partial charge is 0.497 e. The lowest BCUT2D eigenvalue weighted by Crippen LogP contribution is -2.19. The highest BCUT2D eigenvalue weighted by atomic mass is 32.2. The van der Waals surface area contributed by atoms with E-state index in [-0.39, 0.29) is 4.90 Å². The molecule has 33 heavy (non-hydrogen) atoms. The number of hydrazone groups is 1. The minimum atomic E-state index is -3.68. The Hall–Kier alpha value is -3.85. The number of nitrogens with one attached hydrogen (secondary N) is 2. The van der Waals surface area contributed by atoms with E-state index in [9.17, 15) is 13.2 Å². The number of amides is 1. The predicted octanol–water partition coefficient (Wildman–Crippen LogP) is 3.97. The van der Waals surface area contributed by atoms with E-state index in [1.165, 1.54) is 14.2 Å². The van der Waals surface area contributed by atoms with Crippen LogP contribution in [-0.2, 0) is 10.0 Å². The molecule has 0 atom stereocenters. The van der Waals surface area contributed by atoms with E-state index in [4.69, 9.17) is 9.47 Å². The van der Waals surface area contributed by atoms with E-state index in [0.717, 1.165) is 11.1 Å². The molecule has 3 aromatic rings. The van der Waals surface area contributed by atoms with E-state index in [1.807, 2.05) is 6.92 Å². The van der Waals surface area contributed by atoms with Crippen LogP contribution in [0.2, 0.25) is 0 Å². The van der Waals surface area contributed by atoms with Gasteiger partial charge in [0, 0.05) is 17.3 Å². The molecule has 0 aliphatic carbocycles. The summed E-state index contributed by atoms with van der Waals surface area (Å²) in [4.78, 5) is 12.7. The molecule has 0 bridgehead atoms. The summed E-state index contributed by atoms with van der Waals surface area (Å²) in [7, 11) is -0.678. The van der Waals surface area contributed by atoms with Gasteiger partial charge < -0.3 is 9.47 Å². The molecule has 8 nitrogen and oxygen atoms in total. The van der Waals surface area contributed by atoms with Crippen molar-refractivity contribution in [3.05, 3.63) is 83.4 Å². The molecule has 9 heteroatoms. The molecule has 1 amide bonds. The molecule has 2 N–H and O–H groups in total. The smallest absolute Gasteiger partial charge is 0.271 e. The number of sulfonamides is 1. The number of carbonyl (C=O) groups excluding carboxylic acids is 1. The van der Waals surface area contributed by atoms with Crippen LogP contribution in [0.25, 0.3) is 0 Å². The molecule has 3 rings (SSSR count). The van der Waals surface area contributed by atoms with Gasteiger partial charge in [0.2, 0.25) is 0 Å². The third-order valence-corrected chi connectivity index (χ3v) is 6.22. The van der Waals surface area contributed by atoms with E-state index >= 15 is 0 Å². The molecule has 0 spiro atoms. The van der Waals surface area contributed by atoms with Crippen molar-refractivity contribution in [2.75, 3.05) is 18.9 Å². The molecule has 0 aliphatic heterocycles. The second-order valence-electron chi connectivity index (χ2n) is 7.24. The van der Waals surface area contributed by atoms with Gasteiger partial charge in [-0.3, -0.25) is 9.52 Å². The highest BCUT2D eigenvalue weighted by molar-refractivity contribution is 7.92. The van der Waals surface area contributed by atoms with Crippen LogP contribution < -0.4 is 19.6 Å². The first-order valence-electron chi connectivity index (χ1n) is 9.99. The van der Waals surface area contributed by atoms with Gasteiger partial charge in [-0.05, 0) is 55.8 Å². The Labute approximate surface area is 193 Å². The number of benzene rings is 3. The van der Waals surface area contributed by atoms with Crippen molar-refractivity contribution in [3.63, 3.8) is 0 Å². The van der Waals surface area contributed by atoms with Gasteiger partial charge in [-0.15, -0.1) is 0 Å². The van der Waals surface area contributed by atoms with Crippen molar-refractivity contribution in [1.29, 1.82) is 0 Å². The average Bonchev–Trinajstić information content (AvgIpc) is 2.82. The van der Waals surface area contributed by atoms with E-state index < -0.39 is 15.9 Å². The molecule has 0 aromatic heterocycles. The molecular weight excluding hydrogens is 442 g/mol. The first-order valence-corrected chi connectivity index (χ1v) is 11.5. The number of ether oxygens (including phenoxy) is 2. The molecular formula is C24H25N3O5S. The SMILES string of the molecule is COc1cc(OC)cc(C(=O)N/N=C(\C)c2ccc(NS(=O)(=O)c3ccc(C)cc3)cc2)c1. The van der Waals surface area contributed by atoms with E-state index in [2.05, 4.69) is 15.2 Å². The maximum absolute atomic E-state index is 12.5. The van der Waals surface area contributed by atoms with Gasteiger partial charge in [-0.2, -0.15) is 5.10 Å². The number of nitrogens with zero attached hydrogens (tertiary/aromatic N) is 1. The van der Waals surface area contributed by atoms with Crippen LogP contribution in [0, 0.1) is 6.92 Å². The van der Waals surface area contributed by atoms with Crippen LogP contribution >= 0.6 is 0 Å². The second-order valence-corrected chi connectivity index (χ2v) is 8.92. The van der Waals surface area contributed by atoms with Crippen LogP contribution in [-0.4, -0.2) is 34.3 Å². The van der Waals surface area contributed by atoms with E-state index in [1.54, 1.807) is 73.7 Å². The van der Waals surface area contributed by atoms with Gasteiger partial charge >= 0.3 is 0 Å². The summed E-state index contributed by atoms with van der Waals surface area (Å²) in [6, 6.07) is 18.1. The number of methoxy groups -OCH3 is 2. The quantitative estimate of drug-likeness (QED) is 0.385. The van der Waals surface area contributed by atoms with Crippen molar-refractivity contribution in [3.8, 4) is 11.5 Å². The molecule has 0 unspecified atom stereocenters. The zero-order chi connectivity index (χ0) is 24.0. The number of anilines is 1. The van der Waals surface area contributed by atoms with Gasteiger partial charge in [-0.1, -0.05) is 29.8 Å². The Morgan fingerprint density at radius 1 is 0.848 bits per heavy atom. The van der Waals surface area contributed by atoms with Gasteiger partial charge in [0.1, 0.15) is 11.5 Å². The van der Waals surface area contributed by atoms with Gasteiger partial charge in [0.15, 0.2) is 0 Å². The highest BCUT2D eigenvalue weighted by Crippen LogP contribution is 2.22. The van der Waals surface area contributed by atoms with Crippen LogP contribution in [0.4, 0.5) is 5.69 Å². The average molecular weight is 468 g/mol. The second kappa shape index (κ2) is 10.2. The summed E-state index contributed by atoms with van der Waals surface area (Å²) in [5, 5.41) is 4.14. The zero-order valence-corrected chi connectivity index (χ0v) is 19.6. The summed E-state index contributed by atoms with van der Waals surface area (Å²) < 4.78 is 38.0. The fourth-order valence-corrected chi connectivity index (χ4v) is 3.97. The molecule has 0 aliphatic rings. The lowest BCUT2D eigenvalue weighted by Gasteiger charge is -2.10. The van der Waals surface area contributed by atoms with Crippen molar-refractivity contribution in [2.45, 2.75) is 18.7 Å². The summed E-state index contributed by atoms with van der Waals surface area (Å²) in [5.41, 5.74) is 5.50. The Morgan fingerprint density at radius 2 is 1.42 bits per heavy atom. The third kappa shape index (κ3) is 6.11. The Morgan fingerprint density at radius 3 is 1.97 bits per heavy atom. The number of rotatable bonds is 8. The molecule has 0 fully saturated rings. The fraction of sp³-hybridized carbons (Fsp3) is 0.167. The number of aryl methyl sites for hydroxylation is 1. The molecule has 0 saturated carbocycles. The minimum absolute atomic E-state index is 0.187. The topological polar surface area (TPSA) is 106 Å². The standard InChI is InChI=1S/C24H25N3O5S/c1-16-5-11-23(12-6-16)33(29,30)27-20-9-7-18(8-10-20)17(2)25-26-24(28)19-13-21(31-3)15-22(14-19)32-4/h5-15,27H,1-4H3,(H,26,28)/b25-17+. The molecule has 0 saturated heterocycles. The molecule has 0 radical (unpaired) electrons. The molecule has 3 aromatic carbocycles.